The van der Waals surface area contributed by atoms with E-state index in [4.69, 9.17) is 0 Å². The number of carboxylic acid groups (broad SMARTS) is 1. The van der Waals surface area contributed by atoms with Crippen molar-refractivity contribution >= 4 is 44.6 Å². The molecule has 4 rings (SSSR count). The molecule has 6 nitrogen and oxygen atoms in total. The Hall–Kier alpha value is -3.39. The molecule has 0 radical (unpaired) electrons. The first-order valence-electron chi connectivity index (χ1n) is 9.97. The third-order valence-corrected chi connectivity index (χ3v) is 6.06. The topological polar surface area (TPSA) is 92.2 Å². The minimum Gasteiger partial charge on any atom is -0.481 e. The fraction of sp³-hybridized carbons (Fsp3) is 0.208. The number of hydrogen-bond acceptors (Lipinski definition) is 4. The van der Waals surface area contributed by atoms with Crippen LogP contribution in [-0.2, 0) is 22.2 Å². The zero-order valence-corrected chi connectivity index (χ0v) is 18.9. The van der Waals surface area contributed by atoms with E-state index < -0.39 is 22.8 Å². The monoisotopic (exact) mass is 451 g/mol. The molecule has 0 aliphatic carbocycles. The van der Waals surface area contributed by atoms with E-state index in [1.807, 2.05) is 45.0 Å². The van der Waals surface area contributed by atoms with E-state index in [-0.39, 0.29) is 12.2 Å². The van der Waals surface area contributed by atoms with Crippen LogP contribution in [0.1, 0.15) is 22.3 Å². The van der Waals surface area contributed by atoms with E-state index in [1.54, 1.807) is 0 Å². The first-order chi connectivity index (χ1) is 15.2. The van der Waals surface area contributed by atoms with Crippen molar-refractivity contribution in [3.8, 4) is 11.1 Å². The summed E-state index contributed by atoms with van der Waals surface area (Å²) in [5.74, 6) is -1.24. The Morgan fingerprint density at radius 3 is 2.44 bits per heavy atom. The Kier molecular flexibility index (Phi) is 5.64. The van der Waals surface area contributed by atoms with E-state index in [1.165, 1.54) is 12.3 Å². The highest BCUT2D eigenvalue weighted by Crippen LogP contribution is 2.40. The van der Waals surface area contributed by atoms with E-state index in [9.17, 15) is 18.5 Å². The molecule has 0 aliphatic heterocycles. The van der Waals surface area contributed by atoms with Gasteiger partial charge in [-0.1, -0.05) is 29.8 Å². The van der Waals surface area contributed by atoms with Crippen molar-refractivity contribution in [2.24, 2.45) is 0 Å². The van der Waals surface area contributed by atoms with Crippen molar-refractivity contribution in [1.82, 2.24) is 9.97 Å². The molecule has 2 heterocycles. The van der Waals surface area contributed by atoms with E-state index in [0.717, 1.165) is 33.8 Å². The molecule has 0 bridgehead atoms. The Morgan fingerprint density at radius 1 is 1.12 bits per heavy atom. The zero-order valence-electron chi connectivity index (χ0n) is 18.1. The van der Waals surface area contributed by atoms with Crippen molar-refractivity contribution < 1.29 is 18.5 Å². The lowest BCUT2D eigenvalue weighted by molar-refractivity contribution is -0.136. The third kappa shape index (κ3) is 3.82. The maximum Gasteiger partial charge on any atom is 0.307 e. The van der Waals surface area contributed by atoms with Gasteiger partial charge in [0.2, 0.25) is 0 Å². The van der Waals surface area contributed by atoms with Gasteiger partial charge in [-0.05, 0) is 54.7 Å². The lowest BCUT2D eigenvalue weighted by atomic mass is 9.86. The van der Waals surface area contributed by atoms with Gasteiger partial charge in [0.05, 0.1) is 23.7 Å². The summed E-state index contributed by atoms with van der Waals surface area (Å²) in [7, 11) is -1.44. The van der Waals surface area contributed by atoms with Crippen LogP contribution in [0.15, 0.2) is 36.5 Å². The molecule has 0 fully saturated rings. The van der Waals surface area contributed by atoms with E-state index in [2.05, 4.69) is 14.7 Å². The highest BCUT2D eigenvalue weighted by Gasteiger charge is 2.23. The fourth-order valence-electron chi connectivity index (χ4n) is 4.16. The number of halogens is 1. The van der Waals surface area contributed by atoms with Gasteiger partial charge in [-0.3, -0.25) is 14.5 Å². The van der Waals surface area contributed by atoms with Gasteiger partial charge in [-0.15, -0.1) is 0 Å². The second kappa shape index (κ2) is 8.27. The van der Waals surface area contributed by atoms with Gasteiger partial charge in [0, 0.05) is 17.0 Å². The summed E-state index contributed by atoms with van der Waals surface area (Å²) in [4.78, 5) is 20.7. The number of fused-ring (bicyclic) bond motifs is 3. The Bertz CT molecular complexity index is 1420. The summed E-state index contributed by atoms with van der Waals surface area (Å²) in [6.45, 7) is 5.72. The highest BCUT2D eigenvalue weighted by atomic mass is 32.2. The number of aryl methyl sites for hydroxylation is 3. The zero-order chi connectivity index (χ0) is 23.2. The van der Waals surface area contributed by atoms with Gasteiger partial charge in [0.15, 0.2) is 0 Å². The van der Waals surface area contributed by atoms with Gasteiger partial charge in [-0.25, -0.2) is 13.6 Å². The molecule has 1 atom stereocenters. The summed E-state index contributed by atoms with van der Waals surface area (Å²) in [5, 5.41) is 10.7. The summed E-state index contributed by atoms with van der Waals surface area (Å²) in [6.07, 6.45) is 2.42. The van der Waals surface area contributed by atoms with Crippen LogP contribution in [0.25, 0.3) is 32.9 Å². The van der Waals surface area contributed by atoms with Crippen LogP contribution in [0.5, 0.6) is 0 Å². The molecule has 2 N–H and O–H groups in total. The molecule has 0 amide bonds. The SMILES string of the molecule is Cc1ccc(-c2c(CC(=O)O)c(C)c3nc(NS(C)=O)c4cc(F)cnc4c3c2C)cc1. The highest BCUT2D eigenvalue weighted by molar-refractivity contribution is 7.85. The lowest BCUT2D eigenvalue weighted by Crippen LogP contribution is -2.09. The smallest absolute Gasteiger partial charge is 0.307 e. The van der Waals surface area contributed by atoms with Crippen LogP contribution in [0.2, 0.25) is 0 Å². The number of aromatic nitrogens is 2. The molecule has 0 saturated heterocycles. The number of anilines is 1. The molecular formula is C24H22FN3O3S. The largest absolute Gasteiger partial charge is 0.481 e. The maximum absolute atomic E-state index is 14.1. The van der Waals surface area contributed by atoms with Crippen LogP contribution in [-0.4, -0.2) is 31.5 Å². The first kappa shape index (κ1) is 21.8. The number of aliphatic carboxylic acids is 1. The van der Waals surface area contributed by atoms with Gasteiger partial charge >= 0.3 is 5.97 Å². The number of pyridine rings is 2. The van der Waals surface area contributed by atoms with Gasteiger partial charge in [0.1, 0.15) is 22.6 Å². The Morgan fingerprint density at radius 2 is 1.81 bits per heavy atom. The third-order valence-electron chi connectivity index (χ3n) is 5.57. The number of carboxylic acids is 1. The molecule has 2 aromatic heterocycles. The second-order valence-corrected chi connectivity index (χ2v) is 8.94. The number of rotatable bonds is 5. The molecule has 32 heavy (non-hydrogen) atoms. The van der Waals surface area contributed by atoms with Crippen molar-refractivity contribution in [1.29, 1.82) is 0 Å². The standard InChI is InChI=1S/C24H22FN3O3S/c1-12-5-7-15(8-6-12)20-14(3)21-22(13(2)17(20)10-19(29)30)27-24(28-32(4)31)18-9-16(25)11-26-23(18)21/h5-9,11H,10H2,1-4H3,(H,27,28)(H,29,30). The minimum absolute atomic E-state index is 0.176. The molecule has 2 aromatic carbocycles. The molecule has 0 aliphatic rings. The lowest BCUT2D eigenvalue weighted by Gasteiger charge is -2.20. The number of nitrogens with zero attached hydrogens (tertiary/aromatic N) is 2. The van der Waals surface area contributed by atoms with Crippen LogP contribution in [0.3, 0.4) is 0 Å². The van der Waals surface area contributed by atoms with Crippen molar-refractivity contribution in [3.63, 3.8) is 0 Å². The average Bonchev–Trinajstić information content (AvgIpc) is 2.72. The number of hydrogen-bond donors (Lipinski definition) is 2. The van der Waals surface area contributed by atoms with Crippen LogP contribution < -0.4 is 4.72 Å². The van der Waals surface area contributed by atoms with Crippen LogP contribution >= 0.6 is 0 Å². The number of benzene rings is 2. The van der Waals surface area contributed by atoms with Crippen LogP contribution in [0.4, 0.5) is 10.2 Å². The Balaban J connectivity index is 2.20. The fourth-order valence-corrected chi connectivity index (χ4v) is 4.59. The number of nitrogens with one attached hydrogen (secondary N) is 1. The molecule has 0 saturated carbocycles. The molecule has 4 aromatic rings. The minimum atomic E-state index is -1.44. The molecular weight excluding hydrogens is 429 g/mol. The van der Waals surface area contributed by atoms with E-state index in [0.29, 0.717) is 27.5 Å². The predicted molar refractivity (Wildman–Crippen MR) is 126 cm³/mol. The van der Waals surface area contributed by atoms with E-state index >= 15 is 0 Å². The summed E-state index contributed by atoms with van der Waals surface area (Å²) >= 11 is 0. The predicted octanol–water partition coefficient (Wildman–Crippen LogP) is 4.85. The average molecular weight is 452 g/mol. The Labute approximate surface area is 187 Å². The van der Waals surface area contributed by atoms with Crippen molar-refractivity contribution in [2.45, 2.75) is 27.2 Å². The van der Waals surface area contributed by atoms with Crippen molar-refractivity contribution in [3.05, 3.63) is 64.6 Å². The molecule has 0 spiro atoms. The summed E-state index contributed by atoms with van der Waals surface area (Å²) in [5.41, 5.74) is 6.02. The molecule has 164 valence electrons. The van der Waals surface area contributed by atoms with Crippen molar-refractivity contribution in [2.75, 3.05) is 11.0 Å². The van der Waals surface area contributed by atoms with Gasteiger partial charge in [-0.2, -0.15) is 0 Å². The van der Waals surface area contributed by atoms with Crippen LogP contribution in [0, 0.1) is 26.6 Å². The molecule has 1 unspecified atom stereocenters. The number of carbonyl (C=O) groups is 1. The second-order valence-electron chi connectivity index (χ2n) is 7.83. The summed E-state index contributed by atoms with van der Waals surface area (Å²) in [6, 6.07) is 9.20. The molecule has 8 heteroatoms. The maximum atomic E-state index is 14.1. The van der Waals surface area contributed by atoms with Gasteiger partial charge in [0.25, 0.3) is 0 Å². The quantitative estimate of drug-likeness (QED) is 0.423. The van der Waals surface area contributed by atoms with Gasteiger partial charge < -0.3 is 5.11 Å². The normalized spacial score (nSPS) is 12.3. The first-order valence-corrected chi connectivity index (χ1v) is 11.5. The summed E-state index contributed by atoms with van der Waals surface area (Å²) < 4.78 is 28.7.